The van der Waals surface area contributed by atoms with Gasteiger partial charge in [0.25, 0.3) is 5.91 Å². The van der Waals surface area contributed by atoms with Crippen molar-refractivity contribution in [3.8, 4) is 0 Å². The monoisotopic (exact) mass is 245 g/mol. The molecule has 2 aromatic heterocycles. The third kappa shape index (κ3) is 2.98. The predicted molar refractivity (Wildman–Crippen MR) is 68.4 cm³/mol. The number of rotatable bonds is 3. The van der Waals surface area contributed by atoms with Crippen LogP contribution in [0.3, 0.4) is 0 Å². The van der Waals surface area contributed by atoms with Crippen LogP contribution in [-0.2, 0) is 0 Å². The number of thiophene rings is 1. The number of aromatic nitrogens is 1. The third-order valence-corrected chi connectivity index (χ3v) is 3.05. The number of carbonyl (C=O) groups excluding carboxylic acids is 1. The number of hydrazone groups is 1. The van der Waals surface area contributed by atoms with E-state index in [0.29, 0.717) is 5.56 Å². The van der Waals surface area contributed by atoms with E-state index in [9.17, 15) is 4.79 Å². The molecule has 0 aliphatic carbocycles. The molecule has 0 fully saturated rings. The summed E-state index contributed by atoms with van der Waals surface area (Å²) in [5.74, 6) is -0.262. The predicted octanol–water partition coefficient (Wildman–Crippen LogP) is 2.22. The van der Waals surface area contributed by atoms with Crippen molar-refractivity contribution in [3.05, 3.63) is 52.0 Å². The van der Waals surface area contributed by atoms with Crippen LogP contribution in [0, 0.1) is 6.92 Å². The molecule has 2 aromatic rings. The number of pyridine rings is 1. The van der Waals surface area contributed by atoms with Crippen LogP contribution in [0.15, 0.2) is 41.1 Å². The minimum Gasteiger partial charge on any atom is -0.267 e. The van der Waals surface area contributed by atoms with Gasteiger partial charge in [-0.3, -0.25) is 9.78 Å². The van der Waals surface area contributed by atoms with Crippen LogP contribution >= 0.6 is 11.3 Å². The van der Waals surface area contributed by atoms with Gasteiger partial charge in [-0.15, -0.1) is 11.3 Å². The van der Waals surface area contributed by atoms with E-state index in [1.165, 1.54) is 11.1 Å². The van der Waals surface area contributed by atoms with Gasteiger partial charge in [-0.05, 0) is 30.5 Å². The molecule has 0 unspecified atom stereocenters. The third-order valence-electron chi connectivity index (χ3n) is 2.19. The minimum absolute atomic E-state index is 0.262. The van der Waals surface area contributed by atoms with Crippen LogP contribution in [0.2, 0.25) is 0 Å². The summed E-state index contributed by atoms with van der Waals surface area (Å²) in [5.41, 5.74) is 3.97. The fourth-order valence-corrected chi connectivity index (χ4v) is 1.93. The summed E-state index contributed by atoms with van der Waals surface area (Å²) in [6.45, 7) is 2.01. The van der Waals surface area contributed by atoms with E-state index in [-0.39, 0.29) is 5.91 Å². The second kappa shape index (κ2) is 5.36. The van der Waals surface area contributed by atoms with Crippen LogP contribution < -0.4 is 5.43 Å². The van der Waals surface area contributed by atoms with Crippen LogP contribution in [0.5, 0.6) is 0 Å². The minimum atomic E-state index is -0.262. The highest BCUT2D eigenvalue weighted by Gasteiger charge is 2.02. The lowest BCUT2D eigenvalue weighted by atomic mass is 10.3. The van der Waals surface area contributed by atoms with Crippen molar-refractivity contribution in [2.75, 3.05) is 0 Å². The Hall–Kier alpha value is -2.01. The van der Waals surface area contributed by atoms with E-state index in [4.69, 9.17) is 0 Å². The Morgan fingerprint density at radius 1 is 1.53 bits per heavy atom. The van der Waals surface area contributed by atoms with Crippen molar-refractivity contribution in [2.24, 2.45) is 5.10 Å². The lowest BCUT2D eigenvalue weighted by molar-refractivity contribution is 0.0955. The molecule has 0 atom stereocenters. The number of amides is 1. The van der Waals surface area contributed by atoms with Crippen LogP contribution in [0.1, 0.15) is 20.8 Å². The number of nitrogens with zero attached hydrogens (tertiary/aromatic N) is 2. The van der Waals surface area contributed by atoms with E-state index in [1.54, 1.807) is 35.9 Å². The molecule has 0 aliphatic rings. The van der Waals surface area contributed by atoms with E-state index < -0.39 is 0 Å². The normalized spacial score (nSPS) is 10.6. The van der Waals surface area contributed by atoms with Crippen LogP contribution in [-0.4, -0.2) is 17.1 Å². The van der Waals surface area contributed by atoms with E-state index >= 15 is 0 Å². The molecule has 1 N–H and O–H groups in total. The van der Waals surface area contributed by atoms with Gasteiger partial charge >= 0.3 is 0 Å². The SMILES string of the molecule is Cc1sccc1/C=N/NC(=O)c1cccnc1. The molecule has 86 valence electrons. The fraction of sp³-hybridized carbons (Fsp3) is 0.0833. The summed E-state index contributed by atoms with van der Waals surface area (Å²) >= 11 is 1.65. The van der Waals surface area contributed by atoms with Gasteiger partial charge in [0.2, 0.25) is 0 Å². The molecule has 0 aliphatic heterocycles. The Morgan fingerprint density at radius 2 is 2.41 bits per heavy atom. The molecule has 17 heavy (non-hydrogen) atoms. The Morgan fingerprint density at radius 3 is 3.06 bits per heavy atom. The highest BCUT2D eigenvalue weighted by atomic mass is 32.1. The first-order valence-electron chi connectivity index (χ1n) is 5.05. The zero-order chi connectivity index (χ0) is 12.1. The summed E-state index contributed by atoms with van der Waals surface area (Å²) in [6.07, 6.45) is 4.76. The van der Waals surface area contributed by atoms with Gasteiger partial charge < -0.3 is 0 Å². The Bertz CT molecular complexity index is 534. The second-order valence-corrected chi connectivity index (χ2v) is 4.49. The smallest absolute Gasteiger partial charge is 0.267 e. The van der Waals surface area contributed by atoms with E-state index in [1.807, 2.05) is 18.4 Å². The molecule has 0 radical (unpaired) electrons. The van der Waals surface area contributed by atoms with Gasteiger partial charge in [-0.2, -0.15) is 5.10 Å². The van der Waals surface area contributed by atoms with Gasteiger partial charge in [0.15, 0.2) is 0 Å². The van der Waals surface area contributed by atoms with Gasteiger partial charge in [0, 0.05) is 22.8 Å². The van der Waals surface area contributed by atoms with Crippen molar-refractivity contribution in [2.45, 2.75) is 6.92 Å². The molecule has 2 heterocycles. The van der Waals surface area contributed by atoms with Crippen molar-refractivity contribution in [1.29, 1.82) is 0 Å². The zero-order valence-electron chi connectivity index (χ0n) is 9.25. The average molecular weight is 245 g/mol. The molecular weight excluding hydrogens is 234 g/mol. The highest BCUT2D eigenvalue weighted by molar-refractivity contribution is 7.10. The van der Waals surface area contributed by atoms with E-state index in [2.05, 4.69) is 15.5 Å². The van der Waals surface area contributed by atoms with Gasteiger partial charge in [0.1, 0.15) is 0 Å². The van der Waals surface area contributed by atoms with Gasteiger partial charge in [0.05, 0.1) is 11.8 Å². The summed E-state index contributed by atoms with van der Waals surface area (Å²) in [7, 11) is 0. The molecule has 2 rings (SSSR count). The Labute approximate surface area is 103 Å². The maximum atomic E-state index is 11.6. The molecule has 1 amide bonds. The summed E-state index contributed by atoms with van der Waals surface area (Å²) in [5, 5.41) is 5.89. The summed E-state index contributed by atoms with van der Waals surface area (Å²) in [4.78, 5) is 16.6. The number of hydrogen-bond acceptors (Lipinski definition) is 4. The van der Waals surface area contributed by atoms with Crippen molar-refractivity contribution < 1.29 is 4.79 Å². The lowest BCUT2D eigenvalue weighted by Crippen LogP contribution is -2.17. The zero-order valence-corrected chi connectivity index (χ0v) is 10.1. The Balaban J connectivity index is 1.97. The van der Waals surface area contributed by atoms with E-state index in [0.717, 1.165) is 5.56 Å². The lowest BCUT2D eigenvalue weighted by Gasteiger charge is -1.97. The number of carbonyl (C=O) groups is 1. The summed E-state index contributed by atoms with van der Waals surface area (Å²) in [6, 6.07) is 5.36. The molecule has 0 aromatic carbocycles. The molecule has 0 spiro atoms. The molecule has 0 bridgehead atoms. The first-order chi connectivity index (χ1) is 8.27. The van der Waals surface area contributed by atoms with Gasteiger partial charge in [-0.25, -0.2) is 5.43 Å². The molecule has 5 heteroatoms. The largest absolute Gasteiger partial charge is 0.272 e. The molecule has 0 saturated carbocycles. The molecule has 4 nitrogen and oxygen atoms in total. The first kappa shape index (κ1) is 11.5. The van der Waals surface area contributed by atoms with Crippen molar-refractivity contribution >= 4 is 23.5 Å². The maximum absolute atomic E-state index is 11.6. The fourth-order valence-electron chi connectivity index (χ4n) is 1.25. The second-order valence-electron chi connectivity index (χ2n) is 3.37. The number of nitrogens with one attached hydrogen (secondary N) is 1. The van der Waals surface area contributed by atoms with Crippen LogP contribution in [0.25, 0.3) is 0 Å². The van der Waals surface area contributed by atoms with Gasteiger partial charge in [-0.1, -0.05) is 0 Å². The first-order valence-corrected chi connectivity index (χ1v) is 5.93. The number of hydrogen-bond donors (Lipinski definition) is 1. The molecule has 0 saturated heterocycles. The Kier molecular flexibility index (Phi) is 3.62. The van der Waals surface area contributed by atoms with Crippen molar-refractivity contribution in [1.82, 2.24) is 10.4 Å². The highest BCUT2D eigenvalue weighted by Crippen LogP contribution is 2.12. The van der Waals surface area contributed by atoms with Crippen LogP contribution in [0.4, 0.5) is 0 Å². The average Bonchev–Trinajstić information content (AvgIpc) is 2.76. The maximum Gasteiger partial charge on any atom is 0.272 e. The molecular formula is C12H11N3OS. The summed E-state index contributed by atoms with van der Waals surface area (Å²) < 4.78 is 0. The quantitative estimate of drug-likeness (QED) is 0.666. The topological polar surface area (TPSA) is 54.4 Å². The van der Waals surface area contributed by atoms with Crippen molar-refractivity contribution in [3.63, 3.8) is 0 Å². The standard InChI is InChI=1S/C12H11N3OS/c1-9-10(4-6-17-9)8-14-15-12(16)11-3-2-5-13-7-11/h2-8H,1H3,(H,15,16)/b14-8+. The number of aryl methyl sites for hydroxylation is 1.